The zero-order valence-electron chi connectivity index (χ0n) is 10.5. The fraction of sp³-hybridized carbons (Fsp3) is 0.118. The summed E-state index contributed by atoms with van der Waals surface area (Å²) in [7, 11) is 0. The van der Waals surface area contributed by atoms with Gasteiger partial charge in [-0.2, -0.15) is 5.26 Å². The molecule has 0 fully saturated rings. The third-order valence-corrected chi connectivity index (χ3v) is 3.00. The van der Waals surface area contributed by atoms with Crippen molar-refractivity contribution < 1.29 is 0 Å². The van der Waals surface area contributed by atoms with Gasteiger partial charge < -0.3 is 5.73 Å². The summed E-state index contributed by atoms with van der Waals surface area (Å²) in [5.41, 5.74) is 9.77. The van der Waals surface area contributed by atoms with Gasteiger partial charge in [0.15, 0.2) is 0 Å². The summed E-state index contributed by atoms with van der Waals surface area (Å²) in [6.45, 7) is 0. The van der Waals surface area contributed by atoms with Crippen molar-refractivity contribution in [2.45, 2.75) is 12.5 Å². The number of nitrogens with two attached hydrogens (primary N) is 1. The van der Waals surface area contributed by atoms with E-state index in [0.29, 0.717) is 12.0 Å². The molecule has 2 aromatic carbocycles. The van der Waals surface area contributed by atoms with Crippen molar-refractivity contribution >= 4 is 0 Å². The Hall–Kier alpha value is -2.55. The van der Waals surface area contributed by atoms with Crippen LogP contribution in [0.5, 0.6) is 0 Å². The van der Waals surface area contributed by atoms with Crippen LogP contribution in [0.1, 0.15) is 23.6 Å². The van der Waals surface area contributed by atoms with Gasteiger partial charge >= 0.3 is 0 Å². The highest BCUT2D eigenvalue weighted by Crippen LogP contribution is 2.28. The fourth-order valence-corrected chi connectivity index (χ4v) is 2.08. The van der Waals surface area contributed by atoms with Crippen LogP contribution in [0.3, 0.4) is 0 Å². The first kappa shape index (κ1) is 12.9. The summed E-state index contributed by atoms with van der Waals surface area (Å²) < 4.78 is 0. The van der Waals surface area contributed by atoms with Crippen LogP contribution in [-0.4, -0.2) is 0 Å². The zero-order chi connectivity index (χ0) is 13.7. The molecule has 0 aromatic heterocycles. The van der Waals surface area contributed by atoms with Gasteiger partial charge in [-0.15, -0.1) is 12.3 Å². The molecule has 19 heavy (non-hydrogen) atoms. The molecule has 2 rings (SSSR count). The molecule has 2 heteroatoms. The van der Waals surface area contributed by atoms with E-state index >= 15 is 0 Å². The maximum atomic E-state index is 8.97. The normalized spacial score (nSPS) is 11.3. The molecule has 0 amide bonds. The van der Waals surface area contributed by atoms with Gasteiger partial charge in [-0.05, 0) is 28.8 Å². The first-order valence-corrected chi connectivity index (χ1v) is 6.04. The molecule has 92 valence electrons. The van der Waals surface area contributed by atoms with Gasteiger partial charge in [0.1, 0.15) is 0 Å². The second kappa shape index (κ2) is 5.87. The smallest absolute Gasteiger partial charge is 0.0991 e. The van der Waals surface area contributed by atoms with Crippen LogP contribution in [0.2, 0.25) is 0 Å². The third-order valence-electron chi connectivity index (χ3n) is 3.00. The molecule has 0 aliphatic carbocycles. The lowest BCUT2D eigenvalue weighted by Crippen LogP contribution is -2.10. The molecule has 1 atom stereocenters. The Kier molecular flexibility index (Phi) is 3.98. The first-order valence-electron chi connectivity index (χ1n) is 6.04. The van der Waals surface area contributed by atoms with Gasteiger partial charge in [-0.3, -0.25) is 0 Å². The van der Waals surface area contributed by atoms with Crippen LogP contribution in [0.15, 0.2) is 48.5 Å². The Morgan fingerprint density at radius 2 is 1.95 bits per heavy atom. The van der Waals surface area contributed by atoms with Crippen LogP contribution < -0.4 is 5.73 Å². The van der Waals surface area contributed by atoms with Crippen molar-refractivity contribution in [3.8, 4) is 29.5 Å². The van der Waals surface area contributed by atoms with E-state index in [1.165, 1.54) is 0 Å². The quantitative estimate of drug-likeness (QED) is 0.845. The first-order chi connectivity index (χ1) is 9.26. The molecule has 0 saturated carbocycles. The average molecular weight is 246 g/mol. The Morgan fingerprint density at radius 3 is 2.68 bits per heavy atom. The van der Waals surface area contributed by atoms with Crippen molar-refractivity contribution in [1.29, 1.82) is 5.26 Å². The van der Waals surface area contributed by atoms with Crippen molar-refractivity contribution in [3.05, 3.63) is 59.7 Å². The average Bonchev–Trinajstić information content (AvgIpc) is 2.47. The maximum absolute atomic E-state index is 8.97. The Labute approximate surface area is 113 Å². The van der Waals surface area contributed by atoms with Gasteiger partial charge in [0.25, 0.3) is 0 Å². The summed E-state index contributed by atoms with van der Waals surface area (Å²) in [4.78, 5) is 0. The third kappa shape index (κ3) is 2.83. The van der Waals surface area contributed by atoms with E-state index in [0.717, 1.165) is 16.7 Å². The van der Waals surface area contributed by atoms with Crippen molar-refractivity contribution in [3.63, 3.8) is 0 Å². The molecule has 2 nitrogen and oxygen atoms in total. The molecular formula is C17H14N2. The second-order valence-electron chi connectivity index (χ2n) is 4.29. The van der Waals surface area contributed by atoms with E-state index in [1.54, 1.807) is 6.07 Å². The minimum Gasteiger partial charge on any atom is -0.323 e. The minimum absolute atomic E-state index is 0.188. The highest BCUT2D eigenvalue weighted by atomic mass is 14.6. The standard InChI is InChI=1S/C17H14N2/c1-2-6-17(19)16-10-4-3-9-15(16)14-8-5-7-13(11-14)12-18/h1,3-5,7-11,17H,6,19H2. The van der Waals surface area contributed by atoms with Gasteiger partial charge in [0.05, 0.1) is 11.6 Å². The number of nitrogens with zero attached hydrogens (tertiary/aromatic N) is 1. The molecule has 0 spiro atoms. The fourth-order valence-electron chi connectivity index (χ4n) is 2.08. The van der Waals surface area contributed by atoms with E-state index in [9.17, 15) is 0 Å². The van der Waals surface area contributed by atoms with E-state index < -0.39 is 0 Å². The topological polar surface area (TPSA) is 49.8 Å². The SMILES string of the molecule is C#CCC(N)c1ccccc1-c1cccc(C#N)c1. The van der Waals surface area contributed by atoms with Crippen LogP contribution in [-0.2, 0) is 0 Å². The number of benzene rings is 2. The number of nitriles is 1. The predicted octanol–water partition coefficient (Wildman–Crippen LogP) is 3.25. The summed E-state index contributed by atoms with van der Waals surface area (Å²) in [5, 5.41) is 8.97. The number of terminal acetylenes is 1. The molecule has 0 saturated heterocycles. The maximum Gasteiger partial charge on any atom is 0.0991 e. The summed E-state index contributed by atoms with van der Waals surface area (Å²) >= 11 is 0. The molecule has 0 aliphatic heterocycles. The summed E-state index contributed by atoms with van der Waals surface area (Å²) in [5.74, 6) is 2.59. The molecule has 0 radical (unpaired) electrons. The largest absolute Gasteiger partial charge is 0.323 e. The molecule has 0 heterocycles. The van der Waals surface area contributed by atoms with Crippen molar-refractivity contribution in [2.24, 2.45) is 5.73 Å². The highest BCUT2D eigenvalue weighted by molar-refractivity contribution is 5.69. The number of hydrogen-bond acceptors (Lipinski definition) is 2. The van der Waals surface area contributed by atoms with Gasteiger partial charge in [0.2, 0.25) is 0 Å². The molecule has 2 N–H and O–H groups in total. The summed E-state index contributed by atoms with van der Waals surface area (Å²) in [6, 6.07) is 17.3. The molecule has 0 aliphatic rings. The Morgan fingerprint density at radius 1 is 1.16 bits per heavy atom. The summed E-state index contributed by atoms with van der Waals surface area (Å²) in [6.07, 6.45) is 5.82. The van der Waals surface area contributed by atoms with Gasteiger partial charge in [0, 0.05) is 12.5 Å². The molecular weight excluding hydrogens is 232 g/mol. The van der Waals surface area contributed by atoms with E-state index in [1.807, 2.05) is 42.5 Å². The van der Waals surface area contributed by atoms with E-state index in [-0.39, 0.29) is 6.04 Å². The second-order valence-corrected chi connectivity index (χ2v) is 4.29. The minimum atomic E-state index is -0.188. The zero-order valence-corrected chi connectivity index (χ0v) is 10.5. The molecule has 1 unspecified atom stereocenters. The highest BCUT2D eigenvalue weighted by Gasteiger charge is 2.11. The van der Waals surface area contributed by atoms with Crippen LogP contribution >= 0.6 is 0 Å². The number of hydrogen-bond donors (Lipinski definition) is 1. The predicted molar refractivity (Wildman–Crippen MR) is 77.0 cm³/mol. The van der Waals surface area contributed by atoms with Crippen LogP contribution in [0.4, 0.5) is 0 Å². The van der Waals surface area contributed by atoms with Crippen LogP contribution in [0, 0.1) is 23.7 Å². The van der Waals surface area contributed by atoms with Crippen molar-refractivity contribution in [1.82, 2.24) is 0 Å². The lowest BCUT2D eigenvalue weighted by Gasteiger charge is -2.14. The van der Waals surface area contributed by atoms with Gasteiger partial charge in [-0.25, -0.2) is 0 Å². The van der Waals surface area contributed by atoms with E-state index in [2.05, 4.69) is 12.0 Å². The Bertz CT molecular complexity index is 659. The Balaban J connectivity index is 2.51. The van der Waals surface area contributed by atoms with Crippen LogP contribution in [0.25, 0.3) is 11.1 Å². The van der Waals surface area contributed by atoms with Gasteiger partial charge in [-0.1, -0.05) is 36.4 Å². The number of rotatable bonds is 3. The monoisotopic (exact) mass is 246 g/mol. The molecule has 0 bridgehead atoms. The lowest BCUT2D eigenvalue weighted by atomic mass is 9.93. The lowest BCUT2D eigenvalue weighted by molar-refractivity contribution is 0.756. The molecule has 2 aromatic rings. The van der Waals surface area contributed by atoms with E-state index in [4.69, 9.17) is 17.4 Å². The van der Waals surface area contributed by atoms with Crippen molar-refractivity contribution in [2.75, 3.05) is 0 Å².